The zero-order chi connectivity index (χ0) is 16.7. The van der Waals surface area contributed by atoms with Gasteiger partial charge in [0.2, 0.25) is 0 Å². The number of hydrogen-bond acceptors (Lipinski definition) is 4. The minimum Gasteiger partial charge on any atom is -0.469 e. The van der Waals surface area contributed by atoms with E-state index < -0.39 is 12.1 Å². The van der Waals surface area contributed by atoms with Crippen molar-refractivity contribution in [3.63, 3.8) is 0 Å². The average Bonchev–Trinajstić information content (AvgIpc) is 2.76. The Hall–Kier alpha value is -1.79. The van der Waals surface area contributed by atoms with E-state index in [1.165, 1.54) is 30.2 Å². The molecule has 2 heterocycles. The van der Waals surface area contributed by atoms with Crippen LogP contribution >= 0.6 is 23.2 Å². The maximum absolute atomic E-state index is 12.7. The number of carbonyl (C=O) groups excluding carboxylic acids is 3. The molecule has 0 radical (unpaired) electrons. The zero-order valence-electron chi connectivity index (χ0n) is 12.3. The monoisotopic (exact) mass is 356 g/mol. The number of piperidine rings is 1. The molecular weight excluding hydrogens is 343 g/mol. The number of esters is 1. The third kappa shape index (κ3) is 2.77. The van der Waals surface area contributed by atoms with Gasteiger partial charge in [-0.3, -0.25) is 9.59 Å². The Morgan fingerprint density at radius 1 is 1.22 bits per heavy atom. The molecule has 2 atom stereocenters. The molecule has 0 bridgehead atoms. The van der Waals surface area contributed by atoms with Gasteiger partial charge in [0.05, 0.1) is 18.7 Å². The van der Waals surface area contributed by atoms with Gasteiger partial charge in [-0.15, -0.1) is 0 Å². The first-order chi connectivity index (χ1) is 10.9. The number of rotatable bonds is 2. The van der Waals surface area contributed by atoms with Crippen molar-refractivity contribution in [1.82, 2.24) is 4.90 Å². The van der Waals surface area contributed by atoms with Gasteiger partial charge in [0.1, 0.15) is 6.04 Å². The highest BCUT2D eigenvalue weighted by Crippen LogP contribution is 2.35. The second kappa shape index (κ2) is 6.02. The minimum absolute atomic E-state index is 0.266. The lowest BCUT2D eigenvalue weighted by atomic mass is 9.91. The van der Waals surface area contributed by atoms with Crippen molar-refractivity contribution in [2.75, 3.05) is 18.6 Å². The predicted molar refractivity (Wildman–Crippen MR) is 84.6 cm³/mol. The highest BCUT2D eigenvalue weighted by Gasteiger charge is 2.49. The van der Waals surface area contributed by atoms with Gasteiger partial charge < -0.3 is 9.64 Å². The minimum atomic E-state index is -0.655. The molecule has 3 amide bonds. The Morgan fingerprint density at radius 2 is 1.87 bits per heavy atom. The first-order valence-corrected chi connectivity index (χ1v) is 7.86. The predicted octanol–water partition coefficient (Wildman–Crippen LogP) is 2.71. The summed E-state index contributed by atoms with van der Waals surface area (Å²) in [5, 5.41) is 0.677. The van der Waals surface area contributed by atoms with Crippen LogP contribution in [0.5, 0.6) is 0 Å². The molecule has 3 rings (SSSR count). The Labute approximate surface area is 142 Å². The highest BCUT2D eigenvalue weighted by molar-refractivity contribution is 6.35. The molecular formula is C15H14Cl2N2O4. The number of urea groups is 1. The molecule has 0 unspecified atom stereocenters. The maximum atomic E-state index is 12.7. The van der Waals surface area contributed by atoms with Crippen molar-refractivity contribution >= 4 is 46.8 Å². The normalized spacial score (nSPS) is 24.0. The van der Waals surface area contributed by atoms with Gasteiger partial charge in [-0.1, -0.05) is 23.2 Å². The van der Waals surface area contributed by atoms with Crippen LogP contribution in [0.25, 0.3) is 0 Å². The van der Waals surface area contributed by atoms with Gasteiger partial charge >= 0.3 is 12.0 Å². The first-order valence-electron chi connectivity index (χ1n) is 7.11. The number of amides is 3. The van der Waals surface area contributed by atoms with Gasteiger partial charge in [-0.05, 0) is 31.0 Å². The molecule has 2 aliphatic heterocycles. The number of hydrogen-bond donors (Lipinski definition) is 0. The van der Waals surface area contributed by atoms with Gasteiger partial charge in [-0.25, -0.2) is 9.69 Å². The lowest BCUT2D eigenvalue weighted by Crippen LogP contribution is -2.44. The topological polar surface area (TPSA) is 66.9 Å². The van der Waals surface area contributed by atoms with Gasteiger partial charge in [0.25, 0.3) is 5.91 Å². The van der Waals surface area contributed by atoms with Gasteiger partial charge in [0, 0.05) is 16.6 Å². The van der Waals surface area contributed by atoms with E-state index in [2.05, 4.69) is 0 Å². The van der Waals surface area contributed by atoms with Crippen LogP contribution in [0.3, 0.4) is 0 Å². The second-order valence-corrected chi connectivity index (χ2v) is 6.41. The number of ether oxygens (including phenoxy) is 1. The van der Waals surface area contributed by atoms with E-state index in [9.17, 15) is 14.4 Å². The first kappa shape index (κ1) is 16.1. The van der Waals surface area contributed by atoms with Crippen LogP contribution in [0.2, 0.25) is 10.0 Å². The van der Waals surface area contributed by atoms with Gasteiger partial charge in [0.15, 0.2) is 0 Å². The molecule has 0 aromatic heterocycles. The van der Waals surface area contributed by atoms with E-state index >= 15 is 0 Å². The summed E-state index contributed by atoms with van der Waals surface area (Å²) in [6, 6.07) is 3.48. The standard InChI is InChI=1S/C15H14Cl2N2O4/c1-23-14(21)8-2-3-18-12(4-8)13(20)19(15(18)22)11-6-9(16)5-10(17)7-11/h5-8,12H,2-4H2,1H3/t8-,12+/m0/s1. The highest BCUT2D eigenvalue weighted by atomic mass is 35.5. The lowest BCUT2D eigenvalue weighted by molar-refractivity contribution is -0.147. The molecule has 2 fully saturated rings. The maximum Gasteiger partial charge on any atom is 0.332 e. The molecule has 1 aromatic rings. The molecule has 0 saturated carbocycles. The summed E-state index contributed by atoms with van der Waals surface area (Å²) in [6.07, 6.45) is 0.744. The van der Waals surface area contributed by atoms with Crippen molar-refractivity contribution < 1.29 is 19.1 Å². The number of benzene rings is 1. The van der Waals surface area contributed by atoms with Crippen LogP contribution < -0.4 is 4.90 Å². The Balaban J connectivity index is 1.90. The number of halogens is 2. The van der Waals surface area contributed by atoms with Crippen molar-refractivity contribution in [2.24, 2.45) is 5.92 Å². The van der Waals surface area contributed by atoms with Crippen molar-refractivity contribution in [3.05, 3.63) is 28.2 Å². The molecule has 8 heteroatoms. The van der Waals surface area contributed by atoms with E-state index in [-0.39, 0.29) is 24.2 Å². The van der Waals surface area contributed by atoms with Crippen molar-refractivity contribution in [2.45, 2.75) is 18.9 Å². The van der Waals surface area contributed by atoms with E-state index in [1.54, 1.807) is 0 Å². The Morgan fingerprint density at radius 3 is 2.48 bits per heavy atom. The summed E-state index contributed by atoms with van der Waals surface area (Å²) in [6.45, 7) is 0.333. The SMILES string of the molecule is COC(=O)[C@H]1CCN2C(=O)N(c3cc(Cl)cc(Cl)c3)C(=O)[C@H]2C1. The fourth-order valence-corrected chi connectivity index (χ4v) is 3.60. The van der Waals surface area contributed by atoms with Crippen LogP contribution in [0, 0.1) is 5.92 Å². The van der Waals surface area contributed by atoms with Gasteiger partial charge in [-0.2, -0.15) is 0 Å². The number of anilines is 1. The van der Waals surface area contributed by atoms with E-state index in [0.717, 1.165) is 4.90 Å². The summed E-state index contributed by atoms with van der Waals surface area (Å²) in [7, 11) is 1.32. The summed E-state index contributed by atoms with van der Waals surface area (Å²) >= 11 is 11.9. The second-order valence-electron chi connectivity index (χ2n) is 5.54. The molecule has 2 saturated heterocycles. The number of nitrogens with zero attached hydrogens (tertiary/aromatic N) is 2. The molecule has 0 spiro atoms. The summed E-state index contributed by atoms with van der Waals surface area (Å²) in [5.41, 5.74) is 0.335. The fraction of sp³-hybridized carbons (Fsp3) is 0.400. The molecule has 23 heavy (non-hydrogen) atoms. The molecule has 0 aliphatic carbocycles. The number of methoxy groups -OCH3 is 1. The molecule has 122 valence electrons. The smallest absolute Gasteiger partial charge is 0.332 e. The summed E-state index contributed by atoms with van der Waals surface area (Å²) in [5.74, 6) is -1.10. The van der Waals surface area contributed by atoms with Crippen molar-refractivity contribution in [3.8, 4) is 0 Å². The third-order valence-electron chi connectivity index (χ3n) is 4.18. The summed E-state index contributed by atoms with van der Waals surface area (Å²) in [4.78, 5) is 39.5. The van der Waals surface area contributed by atoms with Crippen LogP contribution in [0.1, 0.15) is 12.8 Å². The van der Waals surface area contributed by atoms with Crippen molar-refractivity contribution in [1.29, 1.82) is 0 Å². The fourth-order valence-electron chi connectivity index (χ4n) is 3.09. The number of imide groups is 1. The van der Waals surface area contributed by atoms with E-state index in [0.29, 0.717) is 28.7 Å². The van der Waals surface area contributed by atoms with Crippen LogP contribution in [0.4, 0.5) is 10.5 Å². The third-order valence-corrected chi connectivity index (χ3v) is 4.62. The Kier molecular flexibility index (Phi) is 4.21. The van der Waals surface area contributed by atoms with E-state index in [4.69, 9.17) is 27.9 Å². The zero-order valence-corrected chi connectivity index (χ0v) is 13.8. The molecule has 1 aromatic carbocycles. The number of fused-ring (bicyclic) bond motifs is 1. The number of carbonyl (C=O) groups is 3. The Bertz CT molecular complexity index is 674. The van der Waals surface area contributed by atoms with Crippen LogP contribution in [-0.2, 0) is 14.3 Å². The molecule has 0 N–H and O–H groups in total. The van der Waals surface area contributed by atoms with Crippen LogP contribution in [0.15, 0.2) is 18.2 Å². The average molecular weight is 357 g/mol. The molecule has 6 nitrogen and oxygen atoms in total. The summed E-state index contributed by atoms with van der Waals surface area (Å²) < 4.78 is 4.74. The quantitative estimate of drug-likeness (QED) is 0.603. The lowest BCUT2D eigenvalue weighted by Gasteiger charge is -2.30. The van der Waals surface area contributed by atoms with Crippen LogP contribution in [-0.4, -0.2) is 42.5 Å². The largest absolute Gasteiger partial charge is 0.469 e. The van der Waals surface area contributed by atoms with E-state index in [1.807, 2.05) is 0 Å². The molecule has 2 aliphatic rings.